The van der Waals surface area contributed by atoms with Gasteiger partial charge in [-0.05, 0) is 26.2 Å². The number of carbonyl (C=O) groups is 1. The summed E-state index contributed by atoms with van der Waals surface area (Å²) in [6.45, 7) is 8.17. The molecule has 0 radical (unpaired) electrons. The van der Waals surface area contributed by atoms with Crippen LogP contribution >= 0.6 is 11.3 Å². The van der Waals surface area contributed by atoms with Crippen molar-refractivity contribution in [2.45, 2.75) is 58.5 Å². The van der Waals surface area contributed by atoms with Gasteiger partial charge >= 0.3 is 0 Å². The second kappa shape index (κ2) is 6.29. The Morgan fingerprint density at radius 1 is 1.44 bits per heavy atom. The van der Waals surface area contributed by atoms with Crippen molar-refractivity contribution in [2.75, 3.05) is 0 Å². The molecule has 0 aliphatic rings. The summed E-state index contributed by atoms with van der Waals surface area (Å²) < 4.78 is 0. The molecular weight excluding hydrogens is 246 g/mol. The maximum Gasteiger partial charge on any atom is 0.271 e. The van der Waals surface area contributed by atoms with Crippen molar-refractivity contribution in [1.82, 2.24) is 10.3 Å². The molecule has 1 rings (SSSR count). The third kappa shape index (κ3) is 3.29. The van der Waals surface area contributed by atoms with Crippen LogP contribution in [0.1, 0.15) is 68.5 Å². The summed E-state index contributed by atoms with van der Waals surface area (Å²) in [5.41, 5.74) is 6.11. The summed E-state index contributed by atoms with van der Waals surface area (Å²) in [6, 6.07) is -0.121. The standard InChI is InChI=1S/C13H23N3OS/c1-5-13(6-2,7-3)16-11(17)10-8-18-12(15-10)9(4)14/h8-9H,5-7,14H2,1-4H3,(H,16,17). The Bertz CT molecular complexity index is 388. The molecular formula is C13H23N3OS. The van der Waals surface area contributed by atoms with Crippen LogP contribution in [0.3, 0.4) is 0 Å². The van der Waals surface area contributed by atoms with Gasteiger partial charge in [-0.2, -0.15) is 0 Å². The number of rotatable bonds is 6. The van der Waals surface area contributed by atoms with E-state index in [-0.39, 0.29) is 17.5 Å². The number of amides is 1. The van der Waals surface area contributed by atoms with Gasteiger partial charge in [-0.25, -0.2) is 4.98 Å². The molecule has 3 N–H and O–H groups in total. The van der Waals surface area contributed by atoms with E-state index in [9.17, 15) is 4.79 Å². The minimum atomic E-state index is -0.121. The van der Waals surface area contributed by atoms with E-state index in [4.69, 9.17) is 5.73 Å². The van der Waals surface area contributed by atoms with Gasteiger partial charge in [-0.3, -0.25) is 4.79 Å². The number of aromatic nitrogens is 1. The molecule has 18 heavy (non-hydrogen) atoms. The minimum Gasteiger partial charge on any atom is -0.345 e. The average Bonchev–Trinajstić information content (AvgIpc) is 2.86. The Morgan fingerprint density at radius 3 is 2.39 bits per heavy atom. The molecule has 0 bridgehead atoms. The number of nitrogens with two attached hydrogens (primary N) is 1. The van der Waals surface area contributed by atoms with E-state index >= 15 is 0 Å². The summed E-state index contributed by atoms with van der Waals surface area (Å²) in [6.07, 6.45) is 2.78. The number of hydrogen-bond donors (Lipinski definition) is 2. The number of thiazole rings is 1. The molecule has 1 aromatic rings. The Hall–Kier alpha value is -0.940. The van der Waals surface area contributed by atoms with Gasteiger partial charge in [0.2, 0.25) is 0 Å². The molecule has 5 heteroatoms. The van der Waals surface area contributed by atoms with Gasteiger partial charge in [-0.15, -0.1) is 11.3 Å². The fraction of sp³-hybridized carbons (Fsp3) is 0.692. The Morgan fingerprint density at radius 2 is 2.00 bits per heavy atom. The van der Waals surface area contributed by atoms with E-state index < -0.39 is 0 Å². The molecule has 4 nitrogen and oxygen atoms in total. The summed E-state index contributed by atoms with van der Waals surface area (Å²) in [7, 11) is 0. The summed E-state index contributed by atoms with van der Waals surface area (Å²) >= 11 is 1.44. The molecule has 0 aromatic carbocycles. The fourth-order valence-corrected chi connectivity index (χ4v) is 2.68. The lowest BCUT2D eigenvalue weighted by Crippen LogP contribution is -2.47. The van der Waals surface area contributed by atoms with Gasteiger partial charge in [0, 0.05) is 10.9 Å². The maximum absolute atomic E-state index is 12.2. The van der Waals surface area contributed by atoms with Crippen molar-refractivity contribution in [1.29, 1.82) is 0 Å². The maximum atomic E-state index is 12.2. The quantitative estimate of drug-likeness (QED) is 0.834. The minimum absolute atomic E-state index is 0.0938. The van der Waals surface area contributed by atoms with Crippen LogP contribution in [0.15, 0.2) is 5.38 Å². The number of carbonyl (C=O) groups excluding carboxylic acids is 1. The molecule has 102 valence electrons. The van der Waals surface area contributed by atoms with Crippen LogP contribution in [0.2, 0.25) is 0 Å². The number of nitrogens with one attached hydrogen (secondary N) is 1. The molecule has 0 aliphatic carbocycles. The summed E-state index contributed by atoms with van der Waals surface area (Å²) in [5.74, 6) is -0.0938. The van der Waals surface area contributed by atoms with E-state index in [0.29, 0.717) is 5.69 Å². The third-order valence-electron chi connectivity index (χ3n) is 3.55. The topological polar surface area (TPSA) is 68.0 Å². The zero-order chi connectivity index (χ0) is 13.8. The van der Waals surface area contributed by atoms with Gasteiger partial charge in [0.25, 0.3) is 5.91 Å². The zero-order valence-electron chi connectivity index (χ0n) is 11.6. The van der Waals surface area contributed by atoms with Gasteiger partial charge < -0.3 is 11.1 Å². The first-order chi connectivity index (χ1) is 8.48. The number of nitrogens with zero attached hydrogens (tertiary/aromatic N) is 1. The third-order valence-corrected chi connectivity index (χ3v) is 4.60. The van der Waals surface area contributed by atoms with Crippen LogP contribution in [-0.4, -0.2) is 16.4 Å². The van der Waals surface area contributed by atoms with E-state index in [1.807, 2.05) is 6.92 Å². The Kier molecular flexibility index (Phi) is 5.28. The largest absolute Gasteiger partial charge is 0.345 e. The zero-order valence-corrected chi connectivity index (χ0v) is 12.4. The van der Waals surface area contributed by atoms with Gasteiger partial charge in [0.1, 0.15) is 10.7 Å². The second-order valence-corrected chi connectivity index (χ2v) is 5.54. The van der Waals surface area contributed by atoms with Crippen molar-refractivity contribution >= 4 is 17.2 Å². The summed E-state index contributed by atoms with van der Waals surface area (Å²) in [5, 5.41) is 5.69. The van der Waals surface area contributed by atoms with Crippen LogP contribution in [0, 0.1) is 0 Å². The predicted molar refractivity (Wildman–Crippen MR) is 75.8 cm³/mol. The SMILES string of the molecule is CCC(CC)(CC)NC(=O)c1csc(C(C)N)n1. The average molecular weight is 269 g/mol. The lowest BCUT2D eigenvalue weighted by atomic mass is 9.89. The second-order valence-electron chi connectivity index (χ2n) is 4.65. The molecule has 0 fully saturated rings. The van der Waals surface area contributed by atoms with E-state index in [1.54, 1.807) is 5.38 Å². The molecule has 1 aromatic heterocycles. The van der Waals surface area contributed by atoms with Crippen molar-refractivity contribution in [3.05, 3.63) is 16.1 Å². The van der Waals surface area contributed by atoms with Crippen LogP contribution < -0.4 is 11.1 Å². The highest BCUT2D eigenvalue weighted by atomic mass is 32.1. The number of hydrogen-bond acceptors (Lipinski definition) is 4. The molecule has 0 spiro atoms. The predicted octanol–water partition coefficient (Wildman–Crippen LogP) is 2.86. The Labute approximate surface area is 113 Å². The van der Waals surface area contributed by atoms with Crippen LogP contribution in [0.5, 0.6) is 0 Å². The van der Waals surface area contributed by atoms with E-state index in [0.717, 1.165) is 24.3 Å². The molecule has 1 heterocycles. The monoisotopic (exact) mass is 269 g/mol. The lowest BCUT2D eigenvalue weighted by molar-refractivity contribution is 0.0883. The first-order valence-electron chi connectivity index (χ1n) is 6.51. The molecule has 1 unspecified atom stereocenters. The first kappa shape index (κ1) is 15.1. The van der Waals surface area contributed by atoms with Crippen molar-refractivity contribution in [3.8, 4) is 0 Å². The fourth-order valence-electron chi connectivity index (χ4n) is 1.92. The van der Waals surface area contributed by atoms with E-state index in [1.165, 1.54) is 11.3 Å². The normalized spacial score (nSPS) is 13.4. The lowest BCUT2D eigenvalue weighted by Gasteiger charge is -2.31. The molecule has 0 saturated heterocycles. The van der Waals surface area contributed by atoms with Gasteiger partial charge in [0.05, 0.1) is 6.04 Å². The molecule has 0 saturated carbocycles. The first-order valence-corrected chi connectivity index (χ1v) is 7.39. The van der Waals surface area contributed by atoms with E-state index in [2.05, 4.69) is 31.1 Å². The van der Waals surface area contributed by atoms with Crippen molar-refractivity contribution in [3.63, 3.8) is 0 Å². The highest BCUT2D eigenvalue weighted by molar-refractivity contribution is 7.09. The smallest absolute Gasteiger partial charge is 0.271 e. The highest BCUT2D eigenvalue weighted by Crippen LogP contribution is 2.21. The van der Waals surface area contributed by atoms with Crippen LogP contribution in [0.4, 0.5) is 0 Å². The molecule has 0 aliphatic heterocycles. The van der Waals surface area contributed by atoms with Crippen LogP contribution in [0.25, 0.3) is 0 Å². The molecule has 1 amide bonds. The van der Waals surface area contributed by atoms with Crippen molar-refractivity contribution < 1.29 is 4.79 Å². The molecule has 1 atom stereocenters. The van der Waals surface area contributed by atoms with Crippen molar-refractivity contribution in [2.24, 2.45) is 5.73 Å². The summed E-state index contributed by atoms with van der Waals surface area (Å²) in [4.78, 5) is 16.4. The van der Waals surface area contributed by atoms with Gasteiger partial charge in [0.15, 0.2) is 0 Å². The highest BCUT2D eigenvalue weighted by Gasteiger charge is 2.27. The van der Waals surface area contributed by atoms with Gasteiger partial charge in [-0.1, -0.05) is 20.8 Å². The van der Waals surface area contributed by atoms with Crippen LogP contribution in [-0.2, 0) is 0 Å². The Balaban J connectivity index is 2.80.